The van der Waals surface area contributed by atoms with E-state index in [0.29, 0.717) is 5.92 Å². The minimum absolute atomic E-state index is 0.702. The minimum atomic E-state index is 0.702. The molecule has 1 fully saturated rings. The van der Waals surface area contributed by atoms with Crippen LogP contribution in [-0.2, 0) is 6.42 Å². The van der Waals surface area contributed by atoms with Crippen LogP contribution in [0.3, 0.4) is 0 Å². The topological polar surface area (TPSA) is 15.3 Å². The van der Waals surface area contributed by atoms with Crippen LogP contribution in [0.1, 0.15) is 42.7 Å². The Morgan fingerprint density at radius 1 is 0.800 bits per heavy atom. The lowest BCUT2D eigenvalue weighted by Crippen LogP contribution is -2.43. The van der Waals surface area contributed by atoms with E-state index in [9.17, 15) is 0 Å². The number of aryl methyl sites for hydroxylation is 1. The quantitative estimate of drug-likeness (QED) is 0.726. The molecular formula is C23H32N2. The van der Waals surface area contributed by atoms with Gasteiger partial charge in [0.15, 0.2) is 0 Å². The minimum Gasteiger partial charge on any atom is -0.314 e. The predicted octanol–water partition coefficient (Wildman–Crippen LogP) is 4.48. The number of nitrogens with zero attached hydrogens (tertiary/aromatic N) is 1. The zero-order valence-corrected chi connectivity index (χ0v) is 15.4. The molecule has 25 heavy (non-hydrogen) atoms. The van der Waals surface area contributed by atoms with Crippen molar-refractivity contribution in [1.29, 1.82) is 0 Å². The van der Waals surface area contributed by atoms with E-state index < -0.39 is 0 Å². The summed E-state index contributed by atoms with van der Waals surface area (Å²) in [5.74, 6) is 0.702. The molecule has 0 bridgehead atoms. The Morgan fingerprint density at radius 2 is 1.44 bits per heavy atom. The first kappa shape index (κ1) is 18.2. The second-order valence-electron chi connectivity index (χ2n) is 7.22. The first-order valence-electron chi connectivity index (χ1n) is 9.94. The van der Waals surface area contributed by atoms with Crippen molar-refractivity contribution >= 4 is 0 Å². The summed E-state index contributed by atoms with van der Waals surface area (Å²) in [6.07, 6.45) is 6.38. The summed E-state index contributed by atoms with van der Waals surface area (Å²) in [6, 6.07) is 22.1. The van der Waals surface area contributed by atoms with Crippen molar-refractivity contribution in [2.24, 2.45) is 0 Å². The van der Waals surface area contributed by atoms with Gasteiger partial charge in [0.05, 0.1) is 0 Å². The van der Waals surface area contributed by atoms with E-state index in [-0.39, 0.29) is 0 Å². The number of piperazine rings is 1. The maximum absolute atomic E-state index is 3.44. The zero-order chi connectivity index (χ0) is 17.2. The summed E-state index contributed by atoms with van der Waals surface area (Å²) >= 11 is 0. The fourth-order valence-electron chi connectivity index (χ4n) is 3.90. The summed E-state index contributed by atoms with van der Waals surface area (Å²) in [7, 11) is 0. The highest BCUT2D eigenvalue weighted by molar-refractivity contribution is 5.20. The summed E-state index contributed by atoms with van der Waals surface area (Å²) < 4.78 is 0. The Morgan fingerprint density at radius 3 is 2.16 bits per heavy atom. The molecule has 0 amide bonds. The number of hydrogen-bond acceptors (Lipinski definition) is 2. The molecule has 2 aromatic carbocycles. The van der Waals surface area contributed by atoms with Gasteiger partial charge in [-0.25, -0.2) is 0 Å². The number of hydrogen-bond donors (Lipinski definition) is 1. The molecule has 2 aromatic rings. The highest BCUT2D eigenvalue weighted by Crippen LogP contribution is 2.27. The maximum Gasteiger partial charge on any atom is 0.0107 e. The van der Waals surface area contributed by atoms with Gasteiger partial charge in [-0.2, -0.15) is 0 Å². The number of nitrogens with one attached hydrogen (secondary N) is 1. The molecule has 134 valence electrons. The number of benzene rings is 2. The standard InChI is InChI=1S/C23H32N2/c1-3-9-21(10-4-1)11-7-14-23(22-12-5-2-6-13-22)15-8-18-25-19-16-24-17-20-25/h1-6,9-10,12-13,23-24H,7-8,11,14-20H2. The lowest BCUT2D eigenvalue weighted by Gasteiger charge is -2.28. The van der Waals surface area contributed by atoms with E-state index in [0.717, 1.165) is 13.1 Å². The van der Waals surface area contributed by atoms with Crippen LogP contribution in [0.2, 0.25) is 0 Å². The molecule has 1 saturated heterocycles. The third kappa shape index (κ3) is 6.30. The molecule has 1 N–H and O–H groups in total. The van der Waals surface area contributed by atoms with Crippen molar-refractivity contribution in [1.82, 2.24) is 10.2 Å². The van der Waals surface area contributed by atoms with E-state index >= 15 is 0 Å². The molecule has 1 heterocycles. The van der Waals surface area contributed by atoms with Crippen LogP contribution in [0.5, 0.6) is 0 Å². The van der Waals surface area contributed by atoms with Gasteiger partial charge in [-0.1, -0.05) is 60.7 Å². The van der Waals surface area contributed by atoms with E-state index in [4.69, 9.17) is 0 Å². The van der Waals surface area contributed by atoms with Crippen molar-refractivity contribution in [3.05, 3.63) is 71.8 Å². The third-order valence-corrected chi connectivity index (χ3v) is 5.37. The Bertz CT molecular complexity index is 576. The summed E-state index contributed by atoms with van der Waals surface area (Å²) in [5.41, 5.74) is 2.99. The van der Waals surface area contributed by atoms with Crippen molar-refractivity contribution < 1.29 is 0 Å². The van der Waals surface area contributed by atoms with Crippen LogP contribution in [0.4, 0.5) is 0 Å². The van der Waals surface area contributed by atoms with Gasteiger partial charge >= 0.3 is 0 Å². The SMILES string of the molecule is c1ccc(CCCC(CCCN2CCNCC2)c2ccccc2)cc1. The fraction of sp³-hybridized carbons (Fsp3) is 0.478. The molecule has 1 unspecified atom stereocenters. The molecule has 2 heteroatoms. The van der Waals surface area contributed by atoms with Crippen molar-refractivity contribution in [3.8, 4) is 0 Å². The Hall–Kier alpha value is -1.64. The third-order valence-electron chi connectivity index (χ3n) is 5.37. The molecule has 1 aliphatic rings. The highest BCUT2D eigenvalue weighted by Gasteiger charge is 2.13. The van der Waals surface area contributed by atoms with Gasteiger partial charge < -0.3 is 10.2 Å². The molecule has 3 rings (SSSR count). The van der Waals surface area contributed by atoms with Crippen LogP contribution in [0.15, 0.2) is 60.7 Å². The number of rotatable bonds is 9. The normalized spacial score (nSPS) is 16.6. The van der Waals surface area contributed by atoms with Crippen LogP contribution in [-0.4, -0.2) is 37.6 Å². The van der Waals surface area contributed by atoms with E-state index in [1.807, 2.05) is 0 Å². The van der Waals surface area contributed by atoms with Gasteiger partial charge in [0.25, 0.3) is 0 Å². The lowest BCUT2D eigenvalue weighted by atomic mass is 9.88. The van der Waals surface area contributed by atoms with Crippen LogP contribution in [0.25, 0.3) is 0 Å². The summed E-state index contributed by atoms with van der Waals surface area (Å²) in [4.78, 5) is 2.61. The predicted molar refractivity (Wildman–Crippen MR) is 107 cm³/mol. The second kappa shape index (κ2) is 10.4. The molecule has 0 saturated carbocycles. The van der Waals surface area contributed by atoms with E-state index in [1.54, 1.807) is 0 Å². The van der Waals surface area contributed by atoms with Gasteiger partial charge in [0.1, 0.15) is 0 Å². The largest absolute Gasteiger partial charge is 0.314 e. The first-order chi connectivity index (χ1) is 12.4. The second-order valence-corrected chi connectivity index (χ2v) is 7.22. The van der Waals surface area contributed by atoms with Crippen LogP contribution >= 0.6 is 0 Å². The summed E-state index contributed by atoms with van der Waals surface area (Å²) in [5, 5.41) is 3.44. The highest BCUT2D eigenvalue weighted by atomic mass is 15.2. The van der Waals surface area contributed by atoms with E-state index in [2.05, 4.69) is 70.9 Å². The van der Waals surface area contributed by atoms with Crippen molar-refractivity contribution in [2.45, 2.75) is 38.0 Å². The fourth-order valence-corrected chi connectivity index (χ4v) is 3.90. The Kier molecular flexibility index (Phi) is 7.54. The molecule has 0 spiro atoms. The van der Waals surface area contributed by atoms with Gasteiger partial charge in [-0.15, -0.1) is 0 Å². The van der Waals surface area contributed by atoms with Crippen LogP contribution < -0.4 is 5.32 Å². The monoisotopic (exact) mass is 336 g/mol. The molecule has 0 aliphatic carbocycles. The van der Waals surface area contributed by atoms with Gasteiger partial charge in [-0.05, 0) is 55.7 Å². The van der Waals surface area contributed by atoms with Gasteiger partial charge in [0.2, 0.25) is 0 Å². The molecule has 1 aliphatic heterocycles. The van der Waals surface area contributed by atoms with Gasteiger partial charge in [0, 0.05) is 26.2 Å². The summed E-state index contributed by atoms with van der Waals surface area (Å²) in [6.45, 7) is 5.98. The van der Waals surface area contributed by atoms with Crippen molar-refractivity contribution in [2.75, 3.05) is 32.7 Å². The van der Waals surface area contributed by atoms with Crippen LogP contribution in [0, 0.1) is 0 Å². The average Bonchev–Trinajstić information content (AvgIpc) is 2.69. The first-order valence-corrected chi connectivity index (χ1v) is 9.94. The maximum atomic E-state index is 3.44. The van der Waals surface area contributed by atoms with E-state index in [1.165, 1.54) is 62.9 Å². The smallest absolute Gasteiger partial charge is 0.0107 e. The lowest BCUT2D eigenvalue weighted by molar-refractivity contribution is 0.234. The molecular weight excluding hydrogens is 304 g/mol. The Balaban J connectivity index is 1.48. The Labute approximate surface area is 153 Å². The average molecular weight is 337 g/mol. The van der Waals surface area contributed by atoms with Gasteiger partial charge in [-0.3, -0.25) is 0 Å². The van der Waals surface area contributed by atoms with Crippen molar-refractivity contribution in [3.63, 3.8) is 0 Å². The molecule has 1 atom stereocenters. The molecule has 0 radical (unpaired) electrons. The molecule has 2 nitrogen and oxygen atoms in total. The molecule has 0 aromatic heterocycles. The zero-order valence-electron chi connectivity index (χ0n) is 15.4.